The van der Waals surface area contributed by atoms with Crippen molar-refractivity contribution in [2.75, 3.05) is 6.54 Å². The number of hydrogen-bond acceptors (Lipinski definition) is 3. The zero-order valence-electron chi connectivity index (χ0n) is 9.69. The molecule has 0 aliphatic rings. The molecule has 17 heavy (non-hydrogen) atoms. The molecule has 0 fully saturated rings. The van der Waals surface area contributed by atoms with Crippen LogP contribution in [-0.4, -0.2) is 11.5 Å². The van der Waals surface area contributed by atoms with Crippen LogP contribution in [0.1, 0.15) is 30.5 Å². The van der Waals surface area contributed by atoms with Crippen molar-refractivity contribution in [1.29, 1.82) is 0 Å². The fraction of sp³-hybridized carbons (Fsp3) is 0.308. The monoisotopic (exact) mass is 234 g/mol. The van der Waals surface area contributed by atoms with Gasteiger partial charge in [-0.15, -0.1) is 0 Å². The lowest BCUT2D eigenvalue weighted by Crippen LogP contribution is -2.23. The minimum absolute atomic E-state index is 0.0723. The first-order valence-corrected chi connectivity index (χ1v) is 5.67. The third kappa shape index (κ3) is 2.91. The first-order chi connectivity index (χ1) is 8.31. The maximum Gasteiger partial charge on any atom is 0.141 e. The third-order valence-electron chi connectivity index (χ3n) is 2.53. The summed E-state index contributed by atoms with van der Waals surface area (Å²) in [5.74, 6) is -0.325. The number of furan rings is 1. The van der Waals surface area contributed by atoms with Crippen molar-refractivity contribution in [2.45, 2.75) is 19.4 Å². The molecule has 0 bridgehead atoms. The Morgan fingerprint density at radius 1 is 1.41 bits per heavy atom. The molecule has 0 spiro atoms. The Morgan fingerprint density at radius 3 is 2.94 bits per heavy atom. The minimum Gasteiger partial charge on any atom is -0.472 e. The normalized spacial score (nSPS) is 12.6. The second-order valence-electron chi connectivity index (χ2n) is 3.88. The van der Waals surface area contributed by atoms with E-state index in [1.165, 1.54) is 12.3 Å². The van der Waals surface area contributed by atoms with E-state index in [2.05, 4.69) is 17.2 Å². The van der Waals surface area contributed by atoms with Crippen LogP contribution in [0.15, 0.2) is 41.5 Å². The molecular formula is C13H15FN2O. The Kier molecular flexibility index (Phi) is 3.88. The fourth-order valence-electron chi connectivity index (χ4n) is 1.74. The molecule has 2 rings (SSSR count). The highest BCUT2D eigenvalue weighted by Crippen LogP contribution is 2.22. The van der Waals surface area contributed by atoms with Gasteiger partial charge in [0.2, 0.25) is 0 Å². The number of halogens is 1. The van der Waals surface area contributed by atoms with Gasteiger partial charge in [0.15, 0.2) is 0 Å². The molecule has 0 amide bonds. The maximum atomic E-state index is 13.2. The van der Waals surface area contributed by atoms with Gasteiger partial charge in [-0.3, -0.25) is 4.98 Å². The highest BCUT2D eigenvalue weighted by Gasteiger charge is 2.15. The van der Waals surface area contributed by atoms with Crippen LogP contribution in [0.2, 0.25) is 0 Å². The number of nitrogens with one attached hydrogen (secondary N) is 1. The standard InChI is InChI=1S/C13H15FN2O/c1-2-4-16-13(10-3-5-17-9-10)11-6-12(14)8-15-7-11/h3,5-9,13,16H,2,4H2,1H3. The Labute approximate surface area is 99.7 Å². The van der Waals surface area contributed by atoms with Crippen molar-refractivity contribution in [3.8, 4) is 0 Å². The lowest BCUT2D eigenvalue weighted by molar-refractivity contribution is 0.545. The van der Waals surface area contributed by atoms with Gasteiger partial charge in [-0.05, 0) is 30.7 Å². The zero-order chi connectivity index (χ0) is 12.1. The zero-order valence-corrected chi connectivity index (χ0v) is 9.69. The number of pyridine rings is 1. The predicted molar refractivity (Wildman–Crippen MR) is 63.0 cm³/mol. The summed E-state index contributed by atoms with van der Waals surface area (Å²) in [7, 11) is 0. The summed E-state index contributed by atoms with van der Waals surface area (Å²) in [4.78, 5) is 3.88. The van der Waals surface area contributed by atoms with Crippen LogP contribution in [0, 0.1) is 5.82 Å². The van der Waals surface area contributed by atoms with Crippen LogP contribution in [0.25, 0.3) is 0 Å². The van der Waals surface area contributed by atoms with Gasteiger partial charge in [0.05, 0.1) is 24.8 Å². The van der Waals surface area contributed by atoms with Crippen molar-refractivity contribution in [1.82, 2.24) is 10.3 Å². The number of aromatic nitrogens is 1. The van der Waals surface area contributed by atoms with Gasteiger partial charge >= 0.3 is 0 Å². The maximum absolute atomic E-state index is 13.2. The van der Waals surface area contributed by atoms with Crippen LogP contribution < -0.4 is 5.32 Å². The quantitative estimate of drug-likeness (QED) is 0.864. The predicted octanol–water partition coefficient (Wildman–Crippen LogP) is 2.90. The van der Waals surface area contributed by atoms with Crippen LogP contribution in [0.4, 0.5) is 4.39 Å². The summed E-state index contributed by atoms with van der Waals surface area (Å²) >= 11 is 0. The van der Waals surface area contributed by atoms with E-state index in [-0.39, 0.29) is 11.9 Å². The molecule has 0 saturated heterocycles. The van der Waals surface area contributed by atoms with Gasteiger partial charge in [0, 0.05) is 11.8 Å². The molecule has 0 aliphatic heterocycles. The Morgan fingerprint density at radius 2 is 2.29 bits per heavy atom. The van der Waals surface area contributed by atoms with Crippen molar-refractivity contribution in [2.24, 2.45) is 0 Å². The summed E-state index contributed by atoms with van der Waals surface area (Å²) in [5, 5.41) is 3.35. The minimum atomic E-state index is -0.325. The smallest absolute Gasteiger partial charge is 0.141 e. The summed E-state index contributed by atoms with van der Waals surface area (Å²) in [6, 6.07) is 3.29. The second kappa shape index (κ2) is 5.59. The fourth-order valence-corrected chi connectivity index (χ4v) is 1.74. The molecule has 0 saturated carbocycles. The van der Waals surface area contributed by atoms with Gasteiger partial charge in [-0.25, -0.2) is 4.39 Å². The van der Waals surface area contributed by atoms with Gasteiger partial charge < -0.3 is 9.73 Å². The molecule has 2 aromatic rings. The largest absolute Gasteiger partial charge is 0.472 e. The summed E-state index contributed by atoms with van der Waals surface area (Å²) in [5.41, 5.74) is 1.78. The molecule has 90 valence electrons. The lowest BCUT2D eigenvalue weighted by atomic mass is 10.0. The molecule has 2 aromatic heterocycles. The summed E-state index contributed by atoms with van der Waals surface area (Å²) in [6.45, 7) is 2.94. The molecule has 1 atom stereocenters. The van der Waals surface area contributed by atoms with E-state index < -0.39 is 0 Å². The van der Waals surface area contributed by atoms with Gasteiger partial charge in [0.25, 0.3) is 0 Å². The molecular weight excluding hydrogens is 219 g/mol. The van der Waals surface area contributed by atoms with Gasteiger partial charge in [-0.1, -0.05) is 6.92 Å². The van der Waals surface area contributed by atoms with Crippen LogP contribution in [-0.2, 0) is 0 Å². The highest BCUT2D eigenvalue weighted by molar-refractivity contribution is 5.27. The van der Waals surface area contributed by atoms with Crippen LogP contribution in [0.3, 0.4) is 0 Å². The van der Waals surface area contributed by atoms with Crippen molar-refractivity contribution in [3.63, 3.8) is 0 Å². The van der Waals surface area contributed by atoms with Crippen molar-refractivity contribution in [3.05, 3.63) is 54.0 Å². The van der Waals surface area contributed by atoms with Gasteiger partial charge in [-0.2, -0.15) is 0 Å². The van der Waals surface area contributed by atoms with E-state index in [1.807, 2.05) is 6.07 Å². The molecule has 3 nitrogen and oxygen atoms in total. The van der Waals surface area contributed by atoms with Crippen molar-refractivity contribution >= 4 is 0 Å². The average Bonchev–Trinajstić information content (AvgIpc) is 2.83. The molecule has 0 aliphatic carbocycles. The Balaban J connectivity index is 2.27. The number of rotatable bonds is 5. The van der Waals surface area contributed by atoms with E-state index >= 15 is 0 Å². The van der Waals surface area contributed by atoms with E-state index in [1.54, 1.807) is 18.7 Å². The third-order valence-corrected chi connectivity index (χ3v) is 2.53. The SMILES string of the molecule is CCCNC(c1ccoc1)c1cncc(F)c1. The van der Waals surface area contributed by atoms with E-state index in [0.717, 1.165) is 24.1 Å². The highest BCUT2D eigenvalue weighted by atomic mass is 19.1. The topological polar surface area (TPSA) is 38.1 Å². The molecule has 4 heteroatoms. The molecule has 0 aromatic carbocycles. The Hall–Kier alpha value is -1.68. The molecule has 2 heterocycles. The first kappa shape index (κ1) is 11.8. The Bertz CT molecular complexity index is 456. The van der Waals surface area contributed by atoms with Gasteiger partial charge in [0.1, 0.15) is 5.82 Å². The van der Waals surface area contributed by atoms with Crippen LogP contribution in [0.5, 0.6) is 0 Å². The van der Waals surface area contributed by atoms with Crippen LogP contribution >= 0.6 is 0 Å². The lowest BCUT2D eigenvalue weighted by Gasteiger charge is -2.17. The van der Waals surface area contributed by atoms with E-state index in [0.29, 0.717) is 0 Å². The number of hydrogen-bond donors (Lipinski definition) is 1. The average molecular weight is 234 g/mol. The second-order valence-corrected chi connectivity index (χ2v) is 3.88. The molecule has 1 N–H and O–H groups in total. The molecule has 0 radical (unpaired) electrons. The van der Waals surface area contributed by atoms with Crippen molar-refractivity contribution < 1.29 is 8.81 Å². The first-order valence-electron chi connectivity index (χ1n) is 5.67. The number of nitrogens with zero attached hydrogens (tertiary/aromatic N) is 1. The van der Waals surface area contributed by atoms with E-state index in [9.17, 15) is 4.39 Å². The summed E-state index contributed by atoms with van der Waals surface area (Å²) in [6.07, 6.45) is 7.16. The molecule has 1 unspecified atom stereocenters. The summed E-state index contributed by atoms with van der Waals surface area (Å²) < 4.78 is 18.3. The van der Waals surface area contributed by atoms with E-state index in [4.69, 9.17) is 4.42 Å².